The minimum absolute atomic E-state index is 0.0871. The van der Waals surface area contributed by atoms with Gasteiger partial charge < -0.3 is 14.2 Å². The predicted octanol–water partition coefficient (Wildman–Crippen LogP) is 4.61. The number of anilines is 2. The Morgan fingerprint density at radius 3 is 2.59 bits per heavy atom. The number of alkyl halides is 2. The van der Waals surface area contributed by atoms with Gasteiger partial charge in [0.1, 0.15) is 11.6 Å². The maximum atomic E-state index is 13.2. The number of benzene rings is 1. The van der Waals surface area contributed by atoms with Gasteiger partial charge in [-0.1, -0.05) is 11.6 Å². The minimum atomic E-state index is -2.71. The number of nitrogens with zero attached hydrogens (tertiary/aromatic N) is 3. The van der Waals surface area contributed by atoms with Crippen molar-refractivity contribution in [2.45, 2.75) is 13.3 Å². The Balaban J connectivity index is 2.27. The van der Waals surface area contributed by atoms with E-state index in [0.717, 1.165) is 5.39 Å². The van der Waals surface area contributed by atoms with Gasteiger partial charge in [-0.2, -0.15) is 0 Å². The number of methoxy groups -OCH3 is 1. The van der Waals surface area contributed by atoms with Gasteiger partial charge in [0.15, 0.2) is 0 Å². The fourth-order valence-electron chi connectivity index (χ4n) is 2.99. The summed E-state index contributed by atoms with van der Waals surface area (Å²) in [4.78, 5) is 18.1. The van der Waals surface area contributed by atoms with E-state index >= 15 is 0 Å². The second kappa shape index (κ2) is 7.15. The molecule has 0 aliphatic rings. The van der Waals surface area contributed by atoms with Crippen LogP contribution in [0.25, 0.3) is 10.9 Å². The average Bonchev–Trinajstić information content (AvgIpc) is 2.65. The lowest BCUT2D eigenvalue weighted by molar-refractivity contribution is 0.151. The van der Waals surface area contributed by atoms with E-state index in [0.29, 0.717) is 28.3 Å². The van der Waals surface area contributed by atoms with Crippen molar-refractivity contribution in [3.63, 3.8) is 0 Å². The number of halogens is 3. The van der Waals surface area contributed by atoms with Crippen LogP contribution in [0, 0.1) is 6.92 Å². The summed E-state index contributed by atoms with van der Waals surface area (Å²) in [5.74, 6) is 0.835. The Hall–Kier alpha value is -2.67. The van der Waals surface area contributed by atoms with Crippen molar-refractivity contribution in [1.29, 1.82) is 0 Å². The van der Waals surface area contributed by atoms with Gasteiger partial charge >= 0.3 is 0 Å². The van der Waals surface area contributed by atoms with Gasteiger partial charge in [0.2, 0.25) is 0 Å². The van der Waals surface area contributed by atoms with Crippen LogP contribution in [0.4, 0.5) is 20.3 Å². The number of aromatic nitrogens is 2. The second-order valence-electron chi connectivity index (χ2n) is 6.19. The molecule has 0 aliphatic heterocycles. The van der Waals surface area contributed by atoms with Crippen molar-refractivity contribution >= 4 is 34.0 Å². The molecular formula is C19H18ClF2N3O2. The molecule has 0 saturated carbocycles. The summed E-state index contributed by atoms with van der Waals surface area (Å²) in [5, 5.41) is 0.684. The molecule has 0 radical (unpaired) electrons. The van der Waals surface area contributed by atoms with Crippen molar-refractivity contribution < 1.29 is 13.5 Å². The molecule has 0 N–H and O–H groups in total. The molecule has 0 atom stereocenters. The smallest absolute Gasteiger partial charge is 0.265 e. The van der Waals surface area contributed by atoms with E-state index in [9.17, 15) is 13.6 Å². The summed E-state index contributed by atoms with van der Waals surface area (Å²) in [6.07, 6.45) is -1.50. The molecule has 3 aromatic rings. The third-order valence-corrected chi connectivity index (χ3v) is 4.84. The zero-order valence-corrected chi connectivity index (χ0v) is 16.0. The van der Waals surface area contributed by atoms with Crippen LogP contribution in [-0.4, -0.2) is 23.7 Å². The molecular weight excluding hydrogens is 376 g/mol. The van der Waals surface area contributed by atoms with Gasteiger partial charge in [-0.25, -0.2) is 13.8 Å². The van der Waals surface area contributed by atoms with E-state index in [4.69, 9.17) is 16.3 Å². The van der Waals surface area contributed by atoms with Crippen LogP contribution in [-0.2, 0) is 7.05 Å². The van der Waals surface area contributed by atoms with Gasteiger partial charge in [0, 0.05) is 48.9 Å². The van der Waals surface area contributed by atoms with Gasteiger partial charge in [-0.15, -0.1) is 0 Å². The highest BCUT2D eigenvalue weighted by molar-refractivity contribution is 6.31. The summed E-state index contributed by atoms with van der Waals surface area (Å²) in [6, 6.07) is 6.55. The van der Waals surface area contributed by atoms with Crippen molar-refractivity contribution in [1.82, 2.24) is 9.55 Å². The number of pyridine rings is 2. The number of aryl methyl sites for hydroxylation is 2. The van der Waals surface area contributed by atoms with E-state index in [1.54, 1.807) is 44.1 Å². The topological polar surface area (TPSA) is 47.4 Å². The molecule has 0 aliphatic carbocycles. The highest BCUT2D eigenvalue weighted by atomic mass is 35.5. The summed E-state index contributed by atoms with van der Waals surface area (Å²) in [5.41, 5.74) is 1.49. The highest BCUT2D eigenvalue weighted by Gasteiger charge is 2.18. The Labute approximate surface area is 159 Å². The van der Waals surface area contributed by atoms with Crippen LogP contribution < -0.4 is 15.2 Å². The van der Waals surface area contributed by atoms with E-state index in [1.807, 2.05) is 0 Å². The first-order chi connectivity index (χ1) is 12.7. The van der Waals surface area contributed by atoms with Crippen LogP contribution in [0.2, 0.25) is 5.02 Å². The molecule has 0 unspecified atom stereocenters. The first-order valence-electron chi connectivity index (χ1n) is 8.10. The molecule has 0 bridgehead atoms. The number of fused-ring (bicyclic) bond motifs is 1. The van der Waals surface area contributed by atoms with E-state index < -0.39 is 6.43 Å². The minimum Gasteiger partial charge on any atom is -0.497 e. The van der Waals surface area contributed by atoms with Crippen molar-refractivity contribution in [2.75, 3.05) is 19.1 Å². The fraction of sp³-hybridized carbons (Fsp3) is 0.263. The number of ether oxygens (including phenoxy) is 1. The molecule has 1 aromatic carbocycles. The van der Waals surface area contributed by atoms with Gasteiger partial charge in [0.05, 0.1) is 23.3 Å². The zero-order chi connectivity index (χ0) is 19.9. The number of hydrogen-bond acceptors (Lipinski definition) is 4. The number of hydrogen-bond donors (Lipinski definition) is 0. The van der Waals surface area contributed by atoms with Gasteiger partial charge in [-0.05, 0) is 19.1 Å². The quantitative estimate of drug-likeness (QED) is 0.649. The molecule has 142 valence electrons. The standard InChI is InChI=1S/C19H18ClF2N3O2/c1-10-5-13-15(6-11(27-4)7-16(13)25(3)19(10)26)24(2)17-8-12(18(21)22)14(20)9-23-17/h5-9,18H,1-4H3. The fourth-order valence-corrected chi connectivity index (χ4v) is 3.17. The first kappa shape index (κ1) is 19.1. The third-order valence-electron chi connectivity index (χ3n) is 4.52. The average molecular weight is 394 g/mol. The summed E-state index contributed by atoms with van der Waals surface area (Å²) in [6.45, 7) is 1.73. The Bertz CT molecular complexity index is 1080. The van der Waals surface area contributed by atoms with Gasteiger partial charge in [-0.3, -0.25) is 4.79 Å². The zero-order valence-electron chi connectivity index (χ0n) is 15.3. The van der Waals surface area contributed by atoms with Crippen molar-refractivity contribution in [3.05, 3.63) is 57.0 Å². The molecule has 0 amide bonds. The molecule has 8 heteroatoms. The molecule has 0 saturated heterocycles. The lowest BCUT2D eigenvalue weighted by atomic mass is 10.1. The van der Waals surface area contributed by atoms with Crippen LogP contribution in [0.3, 0.4) is 0 Å². The van der Waals surface area contributed by atoms with E-state index in [2.05, 4.69) is 4.98 Å². The summed E-state index contributed by atoms with van der Waals surface area (Å²) >= 11 is 5.82. The molecule has 0 spiro atoms. The summed E-state index contributed by atoms with van der Waals surface area (Å²) < 4.78 is 33.3. The van der Waals surface area contributed by atoms with Crippen LogP contribution >= 0.6 is 11.6 Å². The monoisotopic (exact) mass is 393 g/mol. The Morgan fingerprint density at radius 2 is 1.96 bits per heavy atom. The lowest BCUT2D eigenvalue weighted by Crippen LogP contribution is -2.20. The van der Waals surface area contributed by atoms with Crippen LogP contribution in [0.15, 0.2) is 35.3 Å². The Kier molecular flexibility index (Phi) is 5.06. The van der Waals surface area contributed by atoms with Crippen LogP contribution in [0.1, 0.15) is 17.6 Å². The second-order valence-corrected chi connectivity index (χ2v) is 6.60. The van der Waals surface area contributed by atoms with Gasteiger partial charge in [0.25, 0.3) is 12.0 Å². The largest absolute Gasteiger partial charge is 0.497 e. The third kappa shape index (κ3) is 3.35. The number of rotatable bonds is 4. The van der Waals surface area contributed by atoms with E-state index in [-0.39, 0.29) is 16.1 Å². The summed E-state index contributed by atoms with van der Waals surface area (Å²) in [7, 11) is 4.91. The lowest BCUT2D eigenvalue weighted by Gasteiger charge is -2.23. The maximum absolute atomic E-state index is 13.2. The van der Waals surface area contributed by atoms with Crippen LogP contribution in [0.5, 0.6) is 5.75 Å². The molecule has 2 aromatic heterocycles. The molecule has 0 fully saturated rings. The normalized spacial score (nSPS) is 11.3. The van der Waals surface area contributed by atoms with Crippen molar-refractivity contribution in [3.8, 4) is 5.75 Å². The maximum Gasteiger partial charge on any atom is 0.265 e. The van der Waals surface area contributed by atoms with Crippen molar-refractivity contribution in [2.24, 2.45) is 7.05 Å². The highest BCUT2D eigenvalue weighted by Crippen LogP contribution is 2.36. The molecule has 27 heavy (non-hydrogen) atoms. The Morgan fingerprint density at radius 1 is 1.26 bits per heavy atom. The molecule has 5 nitrogen and oxygen atoms in total. The predicted molar refractivity (Wildman–Crippen MR) is 103 cm³/mol. The first-order valence-corrected chi connectivity index (χ1v) is 8.48. The van der Waals surface area contributed by atoms with E-state index in [1.165, 1.54) is 23.9 Å². The SMILES string of the molecule is COc1cc(N(C)c2cc(C(F)F)c(Cl)cn2)c2cc(C)c(=O)n(C)c2c1. The molecule has 2 heterocycles. The molecule has 3 rings (SSSR count).